The van der Waals surface area contributed by atoms with Gasteiger partial charge in [0.2, 0.25) is 5.88 Å². The van der Waals surface area contributed by atoms with Crippen molar-refractivity contribution < 1.29 is 4.74 Å². The first-order valence-electron chi connectivity index (χ1n) is 6.62. The van der Waals surface area contributed by atoms with Crippen LogP contribution in [0.4, 0.5) is 5.82 Å². The maximum absolute atomic E-state index is 5.92. The predicted octanol–water partition coefficient (Wildman–Crippen LogP) is 2.65. The van der Waals surface area contributed by atoms with Crippen LogP contribution in [-0.4, -0.2) is 16.1 Å². The van der Waals surface area contributed by atoms with E-state index in [1.54, 1.807) is 6.07 Å². The summed E-state index contributed by atoms with van der Waals surface area (Å²) in [5, 5.41) is 0. The number of anilines is 1. The van der Waals surface area contributed by atoms with E-state index in [1.807, 2.05) is 0 Å². The van der Waals surface area contributed by atoms with E-state index < -0.39 is 0 Å². The normalized spacial score (nSPS) is 21.4. The van der Waals surface area contributed by atoms with Gasteiger partial charge in [0.05, 0.1) is 0 Å². The van der Waals surface area contributed by atoms with Gasteiger partial charge < -0.3 is 10.5 Å². The first-order chi connectivity index (χ1) is 8.31. The van der Waals surface area contributed by atoms with Crippen molar-refractivity contribution >= 4 is 5.82 Å². The molecule has 92 valence electrons. The number of nitrogens with zero attached hydrogens (tertiary/aromatic N) is 2. The molecular weight excluding hydrogens is 214 g/mol. The first-order valence-corrected chi connectivity index (χ1v) is 6.62. The lowest BCUT2D eigenvalue weighted by atomic mass is 9.98. The highest BCUT2D eigenvalue weighted by atomic mass is 16.5. The Morgan fingerprint density at radius 1 is 1.06 bits per heavy atom. The number of hydrogen-bond acceptors (Lipinski definition) is 4. The van der Waals surface area contributed by atoms with Gasteiger partial charge in [0.15, 0.2) is 0 Å². The number of hydrogen-bond donors (Lipinski definition) is 1. The highest BCUT2D eigenvalue weighted by molar-refractivity contribution is 5.34. The molecule has 2 N–H and O–H groups in total. The molecule has 17 heavy (non-hydrogen) atoms. The van der Waals surface area contributed by atoms with Gasteiger partial charge in [0.25, 0.3) is 0 Å². The fourth-order valence-electron chi connectivity index (χ4n) is 2.40. The van der Waals surface area contributed by atoms with E-state index in [1.165, 1.54) is 32.1 Å². The van der Waals surface area contributed by atoms with Crippen molar-refractivity contribution in [1.82, 2.24) is 9.97 Å². The molecule has 4 nitrogen and oxygen atoms in total. The Labute approximate surface area is 102 Å². The van der Waals surface area contributed by atoms with Gasteiger partial charge in [-0.05, 0) is 38.5 Å². The summed E-state index contributed by atoms with van der Waals surface area (Å²) in [4.78, 5) is 8.75. The summed E-state index contributed by atoms with van der Waals surface area (Å²) >= 11 is 0. The molecule has 0 aromatic carbocycles. The monoisotopic (exact) mass is 233 g/mol. The number of rotatable bonds is 3. The van der Waals surface area contributed by atoms with Crippen LogP contribution in [-0.2, 0) is 0 Å². The Hall–Kier alpha value is -1.32. The number of aromatic nitrogens is 2. The Bertz CT molecular complexity index is 398. The van der Waals surface area contributed by atoms with Crippen molar-refractivity contribution in [3.8, 4) is 5.88 Å². The van der Waals surface area contributed by atoms with Crippen LogP contribution in [0.5, 0.6) is 5.88 Å². The van der Waals surface area contributed by atoms with Crippen molar-refractivity contribution in [2.24, 2.45) is 0 Å². The zero-order valence-corrected chi connectivity index (χ0v) is 10.1. The molecule has 2 aliphatic carbocycles. The SMILES string of the molecule is Nc1cc(OC2CCCCC2)nc(C2CC2)n1. The summed E-state index contributed by atoms with van der Waals surface area (Å²) < 4.78 is 5.92. The molecule has 1 aromatic heterocycles. The molecule has 0 amide bonds. The van der Waals surface area contributed by atoms with Crippen LogP contribution in [0.1, 0.15) is 56.7 Å². The lowest BCUT2D eigenvalue weighted by molar-refractivity contribution is 0.148. The Morgan fingerprint density at radius 3 is 2.53 bits per heavy atom. The first kappa shape index (κ1) is 10.8. The van der Waals surface area contributed by atoms with E-state index in [2.05, 4.69) is 9.97 Å². The van der Waals surface area contributed by atoms with E-state index in [-0.39, 0.29) is 0 Å². The molecule has 0 bridgehead atoms. The van der Waals surface area contributed by atoms with Crippen LogP contribution in [0.25, 0.3) is 0 Å². The van der Waals surface area contributed by atoms with Gasteiger partial charge in [0.1, 0.15) is 17.7 Å². The van der Waals surface area contributed by atoms with E-state index in [9.17, 15) is 0 Å². The van der Waals surface area contributed by atoms with E-state index in [0.29, 0.717) is 23.7 Å². The zero-order valence-electron chi connectivity index (χ0n) is 10.1. The molecule has 0 spiro atoms. The molecule has 0 radical (unpaired) electrons. The van der Waals surface area contributed by atoms with Gasteiger partial charge in [-0.25, -0.2) is 4.98 Å². The van der Waals surface area contributed by atoms with Crippen LogP contribution in [0.2, 0.25) is 0 Å². The molecule has 1 aromatic rings. The predicted molar refractivity (Wildman–Crippen MR) is 65.9 cm³/mol. The molecule has 1 heterocycles. The largest absolute Gasteiger partial charge is 0.474 e. The van der Waals surface area contributed by atoms with Crippen LogP contribution >= 0.6 is 0 Å². The number of nitrogen functional groups attached to an aromatic ring is 1. The molecule has 3 rings (SSSR count). The van der Waals surface area contributed by atoms with Crippen LogP contribution in [0, 0.1) is 0 Å². The standard InChI is InChI=1S/C13H19N3O/c14-11-8-12(16-13(15-11)9-6-7-9)17-10-4-2-1-3-5-10/h8-10H,1-7H2,(H2,14,15,16). The summed E-state index contributed by atoms with van der Waals surface area (Å²) in [7, 11) is 0. The van der Waals surface area contributed by atoms with Crippen molar-refractivity contribution in [3.63, 3.8) is 0 Å². The van der Waals surface area contributed by atoms with Gasteiger partial charge in [-0.3, -0.25) is 0 Å². The quantitative estimate of drug-likeness (QED) is 0.871. The van der Waals surface area contributed by atoms with E-state index >= 15 is 0 Å². The highest BCUT2D eigenvalue weighted by Gasteiger charge is 2.27. The lowest BCUT2D eigenvalue weighted by Gasteiger charge is -2.22. The molecule has 0 saturated heterocycles. The second-order valence-electron chi connectivity index (χ2n) is 5.14. The minimum absolute atomic E-state index is 0.324. The van der Waals surface area contributed by atoms with Gasteiger partial charge in [-0.2, -0.15) is 4.98 Å². The second-order valence-corrected chi connectivity index (χ2v) is 5.14. The molecule has 2 saturated carbocycles. The molecule has 0 unspecified atom stereocenters. The lowest BCUT2D eigenvalue weighted by Crippen LogP contribution is -2.20. The number of nitrogens with two attached hydrogens (primary N) is 1. The minimum Gasteiger partial charge on any atom is -0.474 e. The average molecular weight is 233 g/mol. The van der Waals surface area contributed by atoms with Crippen molar-refractivity contribution in [2.45, 2.75) is 57.0 Å². The van der Waals surface area contributed by atoms with Gasteiger partial charge in [0, 0.05) is 12.0 Å². The van der Waals surface area contributed by atoms with Gasteiger partial charge >= 0.3 is 0 Å². The molecule has 2 aliphatic rings. The summed E-state index contributed by atoms with van der Waals surface area (Å²) in [6.45, 7) is 0. The maximum Gasteiger partial charge on any atom is 0.219 e. The second kappa shape index (κ2) is 4.51. The van der Waals surface area contributed by atoms with Crippen LogP contribution in [0.3, 0.4) is 0 Å². The fourth-order valence-corrected chi connectivity index (χ4v) is 2.40. The molecular formula is C13H19N3O. The Morgan fingerprint density at radius 2 is 1.82 bits per heavy atom. The molecule has 2 fully saturated rings. The summed E-state index contributed by atoms with van der Waals surface area (Å²) in [6.07, 6.45) is 8.84. The van der Waals surface area contributed by atoms with Gasteiger partial charge in [-0.1, -0.05) is 6.42 Å². The molecule has 0 aliphatic heterocycles. The third-order valence-corrected chi connectivity index (χ3v) is 3.52. The molecule has 0 atom stereocenters. The minimum atomic E-state index is 0.324. The Balaban J connectivity index is 1.72. The zero-order chi connectivity index (χ0) is 11.7. The topological polar surface area (TPSA) is 61.0 Å². The average Bonchev–Trinajstić information content (AvgIpc) is 3.13. The smallest absolute Gasteiger partial charge is 0.219 e. The summed E-state index contributed by atoms with van der Waals surface area (Å²) in [5.74, 6) is 2.60. The van der Waals surface area contributed by atoms with E-state index in [0.717, 1.165) is 18.7 Å². The molecule has 4 heteroatoms. The summed E-state index contributed by atoms with van der Waals surface area (Å²) in [5.41, 5.74) is 5.80. The van der Waals surface area contributed by atoms with Gasteiger partial charge in [-0.15, -0.1) is 0 Å². The van der Waals surface area contributed by atoms with Crippen molar-refractivity contribution in [2.75, 3.05) is 5.73 Å². The Kier molecular flexibility index (Phi) is 2.87. The van der Waals surface area contributed by atoms with Crippen LogP contribution in [0.15, 0.2) is 6.07 Å². The highest BCUT2D eigenvalue weighted by Crippen LogP contribution is 2.39. The van der Waals surface area contributed by atoms with E-state index in [4.69, 9.17) is 10.5 Å². The third kappa shape index (κ3) is 2.68. The van der Waals surface area contributed by atoms with Crippen molar-refractivity contribution in [1.29, 1.82) is 0 Å². The third-order valence-electron chi connectivity index (χ3n) is 3.52. The van der Waals surface area contributed by atoms with Crippen LogP contribution < -0.4 is 10.5 Å². The maximum atomic E-state index is 5.92. The summed E-state index contributed by atoms with van der Waals surface area (Å²) in [6, 6.07) is 1.75. The fraction of sp³-hybridized carbons (Fsp3) is 0.692. The number of ether oxygens (including phenoxy) is 1. The van der Waals surface area contributed by atoms with Crippen molar-refractivity contribution in [3.05, 3.63) is 11.9 Å².